The predicted octanol–water partition coefficient (Wildman–Crippen LogP) is 3.65. The van der Waals surface area contributed by atoms with Gasteiger partial charge in [-0.2, -0.15) is 0 Å². The van der Waals surface area contributed by atoms with Gasteiger partial charge in [-0.3, -0.25) is 0 Å². The third-order valence-corrected chi connectivity index (χ3v) is 3.27. The molecule has 0 fully saturated rings. The van der Waals surface area contributed by atoms with Crippen LogP contribution in [0.25, 0.3) is 0 Å². The molecule has 1 heterocycles. The van der Waals surface area contributed by atoms with E-state index in [1.807, 2.05) is 30.5 Å². The van der Waals surface area contributed by atoms with E-state index in [-0.39, 0.29) is 0 Å². The molecular formula is C14H15NO2S. The number of aliphatic hydroxyl groups excluding tert-OH is 1. The van der Waals surface area contributed by atoms with Crippen LogP contribution in [0.15, 0.2) is 47.5 Å². The van der Waals surface area contributed by atoms with Crippen molar-refractivity contribution in [2.75, 3.05) is 6.26 Å². The quantitative estimate of drug-likeness (QED) is 0.853. The molecule has 94 valence electrons. The number of thioether (sulfide) groups is 1. The van der Waals surface area contributed by atoms with Crippen molar-refractivity contribution in [3.8, 4) is 11.6 Å². The standard InChI is InChI=1S/C14H15NO2S/c1-10(16)11-7-8-15-14(9-11)17-12-3-5-13(18-2)6-4-12/h3-10,16H,1-2H3/t10-/m1/s1. The van der Waals surface area contributed by atoms with Crippen LogP contribution in [0.3, 0.4) is 0 Å². The summed E-state index contributed by atoms with van der Waals surface area (Å²) in [6, 6.07) is 11.3. The lowest BCUT2D eigenvalue weighted by Gasteiger charge is -2.08. The highest BCUT2D eigenvalue weighted by Crippen LogP contribution is 2.24. The van der Waals surface area contributed by atoms with E-state index < -0.39 is 6.10 Å². The Morgan fingerprint density at radius 3 is 2.56 bits per heavy atom. The molecule has 0 bridgehead atoms. The molecule has 2 aromatic rings. The first-order chi connectivity index (χ1) is 8.69. The van der Waals surface area contributed by atoms with E-state index >= 15 is 0 Å². The molecule has 3 nitrogen and oxygen atoms in total. The largest absolute Gasteiger partial charge is 0.439 e. The van der Waals surface area contributed by atoms with Crippen molar-refractivity contribution in [1.82, 2.24) is 4.98 Å². The highest BCUT2D eigenvalue weighted by atomic mass is 32.2. The third-order valence-electron chi connectivity index (χ3n) is 2.52. The molecule has 0 unspecified atom stereocenters. The maximum atomic E-state index is 9.50. The fourth-order valence-corrected chi connectivity index (χ4v) is 1.91. The number of pyridine rings is 1. The van der Waals surface area contributed by atoms with Crippen LogP contribution in [-0.2, 0) is 0 Å². The number of benzene rings is 1. The lowest BCUT2D eigenvalue weighted by atomic mass is 10.2. The molecule has 0 radical (unpaired) electrons. The molecule has 0 amide bonds. The second-order valence-corrected chi connectivity index (χ2v) is 4.76. The zero-order valence-corrected chi connectivity index (χ0v) is 11.1. The van der Waals surface area contributed by atoms with Gasteiger partial charge in [-0.05, 0) is 49.1 Å². The number of nitrogens with zero attached hydrogens (tertiary/aromatic N) is 1. The molecule has 0 aliphatic heterocycles. The van der Waals surface area contributed by atoms with Crippen molar-refractivity contribution in [3.05, 3.63) is 48.2 Å². The monoisotopic (exact) mass is 261 g/mol. The first kappa shape index (κ1) is 12.9. The van der Waals surface area contributed by atoms with E-state index in [0.29, 0.717) is 5.88 Å². The van der Waals surface area contributed by atoms with Gasteiger partial charge in [0.05, 0.1) is 6.10 Å². The van der Waals surface area contributed by atoms with Crippen LogP contribution in [-0.4, -0.2) is 16.3 Å². The molecule has 0 saturated carbocycles. The van der Waals surface area contributed by atoms with Crippen molar-refractivity contribution < 1.29 is 9.84 Å². The summed E-state index contributed by atoms with van der Waals surface area (Å²) in [5, 5.41) is 9.50. The number of ether oxygens (including phenoxy) is 1. The summed E-state index contributed by atoms with van der Waals surface area (Å²) in [7, 11) is 0. The van der Waals surface area contributed by atoms with Crippen molar-refractivity contribution in [2.24, 2.45) is 0 Å². The van der Waals surface area contributed by atoms with Crippen LogP contribution in [0.4, 0.5) is 0 Å². The fraction of sp³-hybridized carbons (Fsp3) is 0.214. The SMILES string of the molecule is CSc1ccc(Oc2cc([C@@H](C)O)ccn2)cc1. The number of hydrogen-bond acceptors (Lipinski definition) is 4. The van der Waals surface area contributed by atoms with Gasteiger partial charge in [0.2, 0.25) is 5.88 Å². The van der Waals surface area contributed by atoms with Gasteiger partial charge < -0.3 is 9.84 Å². The van der Waals surface area contributed by atoms with E-state index in [1.54, 1.807) is 37.0 Å². The minimum atomic E-state index is -0.519. The maximum Gasteiger partial charge on any atom is 0.219 e. The number of rotatable bonds is 4. The summed E-state index contributed by atoms with van der Waals surface area (Å²) >= 11 is 1.69. The Bertz CT molecular complexity index is 511. The van der Waals surface area contributed by atoms with Gasteiger partial charge in [-0.1, -0.05) is 0 Å². The highest BCUT2D eigenvalue weighted by molar-refractivity contribution is 7.98. The maximum absolute atomic E-state index is 9.50. The van der Waals surface area contributed by atoms with Crippen molar-refractivity contribution >= 4 is 11.8 Å². The Kier molecular flexibility index (Phi) is 4.23. The van der Waals surface area contributed by atoms with E-state index in [1.165, 1.54) is 4.90 Å². The van der Waals surface area contributed by atoms with Gasteiger partial charge in [0.15, 0.2) is 0 Å². The summed E-state index contributed by atoms with van der Waals surface area (Å²) in [4.78, 5) is 5.31. The minimum Gasteiger partial charge on any atom is -0.439 e. The van der Waals surface area contributed by atoms with Crippen LogP contribution in [0.2, 0.25) is 0 Å². The molecule has 1 aromatic heterocycles. The Balaban J connectivity index is 2.15. The summed E-state index contributed by atoms with van der Waals surface area (Å²) in [5.74, 6) is 1.23. The second-order valence-electron chi connectivity index (χ2n) is 3.88. The van der Waals surface area contributed by atoms with Crippen molar-refractivity contribution in [3.63, 3.8) is 0 Å². The van der Waals surface area contributed by atoms with Gasteiger partial charge in [0.25, 0.3) is 0 Å². The van der Waals surface area contributed by atoms with Gasteiger partial charge in [0, 0.05) is 17.2 Å². The molecule has 1 atom stereocenters. The van der Waals surface area contributed by atoms with Crippen molar-refractivity contribution in [2.45, 2.75) is 17.9 Å². The third kappa shape index (κ3) is 3.24. The van der Waals surface area contributed by atoms with E-state index in [9.17, 15) is 5.11 Å². The van der Waals surface area contributed by atoms with Gasteiger partial charge >= 0.3 is 0 Å². The summed E-state index contributed by atoms with van der Waals surface area (Å²) in [6.07, 6.45) is 3.14. The smallest absolute Gasteiger partial charge is 0.219 e. The first-order valence-corrected chi connectivity index (χ1v) is 6.87. The zero-order valence-electron chi connectivity index (χ0n) is 10.3. The second kappa shape index (κ2) is 5.89. The summed E-state index contributed by atoms with van der Waals surface area (Å²) in [5.41, 5.74) is 0.792. The van der Waals surface area contributed by atoms with Gasteiger partial charge in [-0.25, -0.2) is 4.98 Å². The molecule has 1 N–H and O–H groups in total. The summed E-state index contributed by atoms with van der Waals surface area (Å²) < 4.78 is 5.64. The minimum absolute atomic E-state index is 0.491. The van der Waals surface area contributed by atoms with E-state index in [0.717, 1.165) is 11.3 Å². The molecule has 0 aliphatic carbocycles. The summed E-state index contributed by atoms with van der Waals surface area (Å²) in [6.45, 7) is 1.71. The molecule has 0 spiro atoms. The molecule has 1 aromatic carbocycles. The molecule has 4 heteroatoms. The Hall–Kier alpha value is -1.52. The fourth-order valence-electron chi connectivity index (χ4n) is 1.50. The molecule has 2 rings (SSSR count). The Morgan fingerprint density at radius 2 is 1.94 bits per heavy atom. The highest BCUT2D eigenvalue weighted by Gasteiger charge is 2.04. The van der Waals surface area contributed by atoms with Gasteiger partial charge in [0.1, 0.15) is 5.75 Å². The molecule has 18 heavy (non-hydrogen) atoms. The van der Waals surface area contributed by atoms with Crippen LogP contribution >= 0.6 is 11.8 Å². The molecule has 0 saturated heterocycles. The van der Waals surface area contributed by atoms with Gasteiger partial charge in [-0.15, -0.1) is 11.8 Å². The lowest BCUT2D eigenvalue weighted by molar-refractivity contribution is 0.198. The van der Waals surface area contributed by atoms with Crippen LogP contribution in [0.1, 0.15) is 18.6 Å². The van der Waals surface area contributed by atoms with Crippen LogP contribution < -0.4 is 4.74 Å². The van der Waals surface area contributed by atoms with E-state index in [4.69, 9.17) is 4.74 Å². The van der Waals surface area contributed by atoms with Crippen molar-refractivity contribution in [1.29, 1.82) is 0 Å². The zero-order chi connectivity index (χ0) is 13.0. The number of aliphatic hydroxyl groups is 1. The lowest BCUT2D eigenvalue weighted by Crippen LogP contribution is -1.94. The van der Waals surface area contributed by atoms with Crippen LogP contribution in [0, 0.1) is 0 Å². The normalized spacial score (nSPS) is 12.2. The average molecular weight is 261 g/mol. The molecular weight excluding hydrogens is 246 g/mol. The predicted molar refractivity (Wildman–Crippen MR) is 73.2 cm³/mol. The Labute approximate surface area is 111 Å². The first-order valence-electron chi connectivity index (χ1n) is 5.65. The molecule has 0 aliphatic rings. The average Bonchev–Trinajstić information content (AvgIpc) is 2.40. The topological polar surface area (TPSA) is 42.4 Å². The number of aromatic nitrogens is 1. The van der Waals surface area contributed by atoms with Crippen LogP contribution in [0.5, 0.6) is 11.6 Å². The number of hydrogen-bond donors (Lipinski definition) is 1. The Morgan fingerprint density at radius 1 is 1.22 bits per heavy atom. The van der Waals surface area contributed by atoms with E-state index in [2.05, 4.69) is 4.98 Å².